The van der Waals surface area contributed by atoms with Crippen molar-refractivity contribution in [1.82, 2.24) is 9.80 Å². The zero-order valence-electron chi connectivity index (χ0n) is 17.3. The highest BCUT2D eigenvalue weighted by atomic mass is 16.5. The van der Waals surface area contributed by atoms with Crippen LogP contribution in [0.1, 0.15) is 48.4 Å². The van der Waals surface area contributed by atoms with Gasteiger partial charge in [-0.3, -0.25) is 9.69 Å². The number of hydrogen-bond donors (Lipinski definition) is 0. The van der Waals surface area contributed by atoms with Crippen LogP contribution in [0.5, 0.6) is 5.75 Å². The van der Waals surface area contributed by atoms with Crippen molar-refractivity contribution in [3.8, 4) is 11.8 Å². The number of nitriles is 1. The predicted octanol–water partition coefficient (Wildman–Crippen LogP) is 4.14. The summed E-state index contributed by atoms with van der Waals surface area (Å²) in [5.41, 5.74) is 2.86. The number of ether oxygens (including phenoxy) is 1. The number of benzene rings is 2. The van der Waals surface area contributed by atoms with Gasteiger partial charge in [0.2, 0.25) is 5.91 Å². The maximum absolute atomic E-state index is 13.2. The highest BCUT2D eigenvalue weighted by Gasteiger charge is 2.27. The molecule has 152 valence electrons. The monoisotopic (exact) mass is 391 g/mol. The van der Waals surface area contributed by atoms with Crippen LogP contribution in [-0.4, -0.2) is 43.0 Å². The van der Waals surface area contributed by atoms with Gasteiger partial charge in [-0.2, -0.15) is 5.26 Å². The number of amides is 1. The van der Waals surface area contributed by atoms with Crippen LogP contribution in [0.3, 0.4) is 0 Å². The third kappa shape index (κ3) is 5.58. The number of nitrogens with zero attached hydrogens (tertiary/aromatic N) is 3. The van der Waals surface area contributed by atoms with E-state index in [1.54, 1.807) is 13.2 Å². The highest BCUT2D eigenvalue weighted by Crippen LogP contribution is 2.31. The predicted molar refractivity (Wildman–Crippen MR) is 113 cm³/mol. The van der Waals surface area contributed by atoms with Gasteiger partial charge in [0.15, 0.2) is 0 Å². The summed E-state index contributed by atoms with van der Waals surface area (Å²) in [4.78, 5) is 17.3. The Hall–Kier alpha value is -2.84. The smallest absolute Gasteiger partial charge is 0.237 e. The van der Waals surface area contributed by atoms with Gasteiger partial charge in [0.1, 0.15) is 5.75 Å². The molecular formula is C24H29N3O2. The van der Waals surface area contributed by atoms with Crippen molar-refractivity contribution >= 4 is 5.91 Å². The topological polar surface area (TPSA) is 56.6 Å². The second-order valence-electron chi connectivity index (χ2n) is 7.71. The second-order valence-corrected chi connectivity index (χ2v) is 7.71. The highest BCUT2D eigenvalue weighted by molar-refractivity contribution is 5.78. The Morgan fingerprint density at radius 3 is 2.72 bits per heavy atom. The Morgan fingerprint density at radius 2 is 2.00 bits per heavy atom. The SMILES string of the molecule is COc1ccc(C2CCCCCN2C(=O)CN(C)Cc2cccc(C#N)c2)cc1. The number of carbonyl (C=O) groups excluding carboxylic acids is 1. The van der Waals surface area contributed by atoms with Gasteiger partial charge in [-0.25, -0.2) is 0 Å². The fourth-order valence-corrected chi connectivity index (χ4v) is 4.01. The third-order valence-electron chi connectivity index (χ3n) is 5.49. The molecule has 0 bridgehead atoms. The molecule has 1 aliphatic heterocycles. The molecule has 2 aromatic carbocycles. The van der Waals surface area contributed by atoms with Crippen LogP contribution in [0.25, 0.3) is 0 Å². The van der Waals surface area contributed by atoms with Crippen LogP contribution in [-0.2, 0) is 11.3 Å². The first-order valence-electron chi connectivity index (χ1n) is 10.2. The average Bonchev–Trinajstić information content (AvgIpc) is 3.00. The average molecular weight is 392 g/mol. The van der Waals surface area contributed by atoms with E-state index >= 15 is 0 Å². The minimum absolute atomic E-state index is 0.117. The number of methoxy groups -OCH3 is 1. The molecule has 0 spiro atoms. The van der Waals surface area contributed by atoms with E-state index in [0.29, 0.717) is 18.7 Å². The molecule has 0 aliphatic carbocycles. The Labute approximate surface area is 173 Å². The van der Waals surface area contributed by atoms with E-state index in [9.17, 15) is 4.79 Å². The molecule has 1 atom stereocenters. The summed E-state index contributed by atoms with van der Waals surface area (Å²) in [5.74, 6) is 0.992. The zero-order valence-corrected chi connectivity index (χ0v) is 17.3. The van der Waals surface area contributed by atoms with Crippen molar-refractivity contribution < 1.29 is 9.53 Å². The Morgan fingerprint density at radius 1 is 1.21 bits per heavy atom. The van der Waals surface area contributed by atoms with Crippen molar-refractivity contribution in [1.29, 1.82) is 5.26 Å². The molecule has 5 heteroatoms. The van der Waals surface area contributed by atoms with Crippen LogP contribution < -0.4 is 4.74 Å². The van der Waals surface area contributed by atoms with Gasteiger partial charge >= 0.3 is 0 Å². The van der Waals surface area contributed by atoms with E-state index in [1.807, 2.05) is 42.3 Å². The quantitative estimate of drug-likeness (QED) is 0.743. The number of carbonyl (C=O) groups is 1. The van der Waals surface area contributed by atoms with E-state index in [2.05, 4.69) is 23.1 Å². The lowest BCUT2D eigenvalue weighted by Crippen LogP contribution is -2.41. The number of likely N-dealkylation sites (tertiary alicyclic amines) is 1. The van der Waals surface area contributed by atoms with Gasteiger partial charge in [-0.05, 0) is 55.3 Å². The Bertz CT molecular complexity index is 857. The molecule has 29 heavy (non-hydrogen) atoms. The fourth-order valence-electron chi connectivity index (χ4n) is 4.01. The minimum atomic E-state index is 0.117. The van der Waals surface area contributed by atoms with Crippen molar-refractivity contribution in [2.75, 3.05) is 27.2 Å². The van der Waals surface area contributed by atoms with Crippen molar-refractivity contribution in [2.45, 2.75) is 38.3 Å². The van der Waals surface area contributed by atoms with Crippen molar-refractivity contribution in [3.05, 3.63) is 65.2 Å². The standard InChI is InChI=1S/C24H29N3O2/c1-26(17-20-8-6-7-19(15-20)16-25)18-24(28)27-14-5-3-4-9-23(27)21-10-12-22(29-2)13-11-21/h6-8,10-13,15,23H,3-5,9,14,17-18H2,1-2H3. The molecule has 1 unspecified atom stereocenters. The van der Waals surface area contributed by atoms with Crippen molar-refractivity contribution in [3.63, 3.8) is 0 Å². The number of rotatable bonds is 6. The van der Waals surface area contributed by atoms with E-state index in [-0.39, 0.29) is 11.9 Å². The summed E-state index contributed by atoms with van der Waals surface area (Å²) in [5, 5.41) is 9.08. The largest absolute Gasteiger partial charge is 0.497 e. The van der Waals surface area contributed by atoms with Crippen LogP contribution in [0.2, 0.25) is 0 Å². The molecule has 1 fully saturated rings. The molecular weight excluding hydrogens is 362 g/mol. The first-order chi connectivity index (χ1) is 14.1. The van der Waals surface area contributed by atoms with Gasteiger partial charge in [-0.15, -0.1) is 0 Å². The number of hydrogen-bond acceptors (Lipinski definition) is 4. The molecule has 0 N–H and O–H groups in total. The molecule has 0 radical (unpaired) electrons. The lowest BCUT2D eigenvalue weighted by molar-refractivity contribution is -0.134. The Kier molecular flexibility index (Phi) is 7.26. The summed E-state index contributed by atoms with van der Waals surface area (Å²) in [6.07, 6.45) is 4.34. The first kappa shape index (κ1) is 20.9. The normalized spacial score (nSPS) is 16.9. The van der Waals surface area contributed by atoms with Crippen LogP contribution in [0.15, 0.2) is 48.5 Å². The van der Waals surface area contributed by atoms with Gasteiger partial charge in [-0.1, -0.05) is 37.1 Å². The molecule has 1 aliphatic rings. The molecule has 3 rings (SSSR count). The molecule has 1 amide bonds. The lowest BCUT2D eigenvalue weighted by Gasteiger charge is -2.32. The Balaban J connectivity index is 1.69. The van der Waals surface area contributed by atoms with E-state index in [1.165, 1.54) is 5.56 Å². The molecule has 5 nitrogen and oxygen atoms in total. The molecule has 1 saturated heterocycles. The summed E-state index contributed by atoms with van der Waals surface area (Å²) in [6, 6.07) is 17.9. The van der Waals surface area contributed by atoms with Crippen LogP contribution >= 0.6 is 0 Å². The van der Waals surface area contributed by atoms with E-state index in [4.69, 9.17) is 10.00 Å². The summed E-state index contributed by atoms with van der Waals surface area (Å²) in [7, 11) is 3.62. The minimum Gasteiger partial charge on any atom is -0.497 e. The summed E-state index contributed by atoms with van der Waals surface area (Å²) < 4.78 is 5.27. The maximum Gasteiger partial charge on any atom is 0.237 e. The molecule has 0 aromatic heterocycles. The van der Waals surface area contributed by atoms with E-state index < -0.39 is 0 Å². The second kappa shape index (κ2) is 10.1. The number of likely N-dealkylation sites (N-methyl/N-ethyl adjacent to an activating group) is 1. The molecule has 0 saturated carbocycles. The van der Waals surface area contributed by atoms with Crippen molar-refractivity contribution in [2.24, 2.45) is 0 Å². The maximum atomic E-state index is 13.2. The zero-order chi connectivity index (χ0) is 20.6. The fraction of sp³-hybridized carbons (Fsp3) is 0.417. The first-order valence-corrected chi connectivity index (χ1v) is 10.2. The lowest BCUT2D eigenvalue weighted by atomic mass is 10.0. The summed E-state index contributed by atoms with van der Waals surface area (Å²) in [6.45, 7) is 1.80. The van der Waals surface area contributed by atoms with Crippen LogP contribution in [0.4, 0.5) is 0 Å². The van der Waals surface area contributed by atoms with Gasteiger partial charge in [0.25, 0.3) is 0 Å². The molecule has 1 heterocycles. The van der Waals surface area contributed by atoms with Crippen LogP contribution in [0, 0.1) is 11.3 Å². The third-order valence-corrected chi connectivity index (χ3v) is 5.49. The van der Waals surface area contributed by atoms with Gasteiger partial charge < -0.3 is 9.64 Å². The van der Waals surface area contributed by atoms with E-state index in [0.717, 1.165) is 43.5 Å². The molecule has 2 aromatic rings. The van der Waals surface area contributed by atoms with Gasteiger partial charge in [0.05, 0.1) is 31.3 Å². The summed E-state index contributed by atoms with van der Waals surface area (Å²) >= 11 is 0. The van der Waals surface area contributed by atoms with Gasteiger partial charge in [0, 0.05) is 13.1 Å².